The zero-order valence-electron chi connectivity index (χ0n) is 9.69. The Morgan fingerprint density at radius 2 is 2.18 bits per heavy atom. The second kappa shape index (κ2) is 5.83. The van der Waals surface area contributed by atoms with Gasteiger partial charge in [-0.05, 0) is 17.5 Å². The average molecular weight is 323 g/mol. The summed E-state index contributed by atoms with van der Waals surface area (Å²) in [5.74, 6) is -1.12. The first-order chi connectivity index (χ1) is 7.87. The minimum atomic E-state index is -0.677. The van der Waals surface area contributed by atoms with Crippen LogP contribution in [0.25, 0.3) is 0 Å². The number of carbonyl (C=O) groups is 1. The van der Waals surface area contributed by atoms with E-state index in [0.29, 0.717) is 6.54 Å². The lowest BCUT2D eigenvalue weighted by Gasteiger charge is -2.21. The summed E-state index contributed by atoms with van der Waals surface area (Å²) in [6, 6.07) is 4.38. The van der Waals surface area contributed by atoms with Gasteiger partial charge in [0, 0.05) is 11.9 Å². The second-order valence-corrected chi connectivity index (χ2v) is 5.55. The molecule has 0 aliphatic heterocycles. The average Bonchev–Trinajstić information content (AvgIpc) is 2.30. The monoisotopic (exact) mass is 321 g/mol. The van der Waals surface area contributed by atoms with Gasteiger partial charge in [-0.15, -0.1) is 0 Å². The fourth-order valence-corrected chi connectivity index (χ4v) is 1.51. The van der Waals surface area contributed by atoms with Gasteiger partial charge in [-0.2, -0.15) is 0 Å². The Labute approximate surface area is 114 Å². The van der Waals surface area contributed by atoms with Crippen LogP contribution in [0.2, 0.25) is 5.02 Å². The maximum atomic E-state index is 13.6. The molecule has 0 heterocycles. The predicted molar refractivity (Wildman–Crippen MR) is 71.3 cm³/mol. The molecule has 0 aliphatic carbocycles. The number of amides is 1. The van der Waals surface area contributed by atoms with E-state index in [1.807, 2.05) is 13.8 Å². The molecular weight excluding hydrogens is 308 g/mol. The highest BCUT2D eigenvalue weighted by Crippen LogP contribution is 2.19. The Morgan fingerprint density at radius 1 is 1.53 bits per heavy atom. The van der Waals surface area contributed by atoms with E-state index in [4.69, 9.17) is 11.6 Å². The third-order valence-electron chi connectivity index (χ3n) is 2.29. The van der Waals surface area contributed by atoms with E-state index < -0.39 is 11.7 Å². The summed E-state index contributed by atoms with van der Waals surface area (Å²) in [7, 11) is 0. The first-order valence-corrected chi connectivity index (χ1v) is 6.65. The van der Waals surface area contributed by atoms with Crippen LogP contribution in [0.15, 0.2) is 18.2 Å². The van der Waals surface area contributed by atoms with Crippen molar-refractivity contribution < 1.29 is 9.18 Å². The van der Waals surface area contributed by atoms with Gasteiger partial charge in [0.05, 0.1) is 10.6 Å². The van der Waals surface area contributed by atoms with Gasteiger partial charge < -0.3 is 5.32 Å². The van der Waals surface area contributed by atoms with Crippen LogP contribution in [-0.4, -0.2) is 17.8 Å². The molecule has 1 aromatic rings. The molecule has 94 valence electrons. The number of nitrogens with one attached hydrogen (secondary N) is 1. The zero-order valence-corrected chi connectivity index (χ0v) is 12.0. The van der Waals surface area contributed by atoms with Crippen LogP contribution >= 0.6 is 27.5 Å². The summed E-state index contributed by atoms with van der Waals surface area (Å²) in [6.45, 7) is 4.45. The van der Waals surface area contributed by atoms with Crippen LogP contribution in [0.1, 0.15) is 24.2 Å². The lowest BCUT2D eigenvalue weighted by Crippen LogP contribution is -2.35. The molecule has 0 spiro atoms. The molecule has 5 heteroatoms. The van der Waals surface area contributed by atoms with Crippen molar-refractivity contribution >= 4 is 33.4 Å². The van der Waals surface area contributed by atoms with Crippen molar-refractivity contribution in [3.63, 3.8) is 0 Å². The summed E-state index contributed by atoms with van der Waals surface area (Å²) in [5, 5.41) is 3.39. The molecule has 0 unspecified atom stereocenters. The summed E-state index contributed by atoms with van der Waals surface area (Å²) in [4.78, 5) is 11.8. The van der Waals surface area contributed by atoms with Crippen molar-refractivity contribution in [2.45, 2.75) is 13.8 Å². The van der Waals surface area contributed by atoms with Gasteiger partial charge >= 0.3 is 0 Å². The number of hydrogen-bond donors (Lipinski definition) is 1. The highest BCUT2D eigenvalue weighted by atomic mass is 79.9. The van der Waals surface area contributed by atoms with Gasteiger partial charge in [0.1, 0.15) is 0 Å². The molecule has 0 atom stereocenters. The summed E-state index contributed by atoms with van der Waals surface area (Å²) in [5.41, 5.74) is -0.104. The number of carbonyl (C=O) groups excluding carboxylic acids is 1. The standard InChI is InChI=1S/C12H14BrClFNO/c1-12(2,6-13)7-16-11(17)8-4-3-5-9(14)10(8)15/h3-5H,6-7H2,1-2H3,(H,16,17). The molecule has 1 N–H and O–H groups in total. The normalized spacial score (nSPS) is 11.4. The minimum Gasteiger partial charge on any atom is -0.351 e. The van der Waals surface area contributed by atoms with Gasteiger partial charge in [-0.25, -0.2) is 4.39 Å². The molecule has 0 fully saturated rings. The number of benzene rings is 1. The highest BCUT2D eigenvalue weighted by molar-refractivity contribution is 9.09. The molecule has 0 saturated heterocycles. The van der Waals surface area contributed by atoms with Gasteiger partial charge in [0.2, 0.25) is 0 Å². The van der Waals surface area contributed by atoms with Gasteiger partial charge in [0.25, 0.3) is 5.91 Å². The van der Waals surface area contributed by atoms with Crippen molar-refractivity contribution in [2.75, 3.05) is 11.9 Å². The topological polar surface area (TPSA) is 29.1 Å². The SMILES string of the molecule is CC(C)(CBr)CNC(=O)c1cccc(Cl)c1F. The fourth-order valence-electron chi connectivity index (χ4n) is 1.14. The highest BCUT2D eigenvalue weighted by Gasteiger charge is 2.19. The first-order valence-electron chi connectivity index (χ1n) is 5.15. The maximum absolute atomic E-state index is 13.6. The van der Waals surface area contributed by atoms with E-state index in [-0.39, 0.29) is 16.0 Å². The second-order valence-electron chi connectivity index (χ2n) is 4.58. The molecule has 0 radical (unpaired) electrons. The lowest BCUT2D eigenvalue weighted by molar-refractivity contribution is 0.0936. The third kappa shape index (κ3) is 3.96. The predicted octanol–water partition coefficient (Wildman–Crippen LogP) is 3.63. The number of hydrogen-bond acceptors (Lipinski definition) is 1. The number of alkyl halides is 1. The molecule has 0 saturated carbocycles. The molecule has 0 bridgehead atoms. The Kier molecular flexibility index (Phi) is 4.95. The van der Waals surface area contributed by atoms with E-state index in [2.05, 4.69) is 21.2 Å². The van der Waals surface area contributed by atoms with Gasteiger partial charge in [-0.3, -0.25) is 4.79 Å². The first kappa shape index (κ1) is 14.5. The van der Waals surface area contributed by atoms with Crippen LogP contribution in [0.4, 0.5) is 4.39 Å². The van der Waals surface area contributed by atoms with E-state index in [9.17, 15) is 9.18 Å². The Morgan fingerprint density at radius 3 is 2.76 bits per heavy atom. The van der Waals surface area contributed by atoms with Crippen molar-refractivity contribution in [3.05, 3.63) is 34.6 Å². The van der Waals surface area contributed by atoms with E-state index in [1.54, 1.807) is 6.07 Å². The fraction of sp³-hybridized carbons (Fsp3) is 0.417. The number of rotatable bonds is 4. The van der Waals surface area contributed by atoms with Crippen molar-refractivity contribution in [2.24, 2.45) is 5.41 Å². The van der Waals surface area contributed by atoms with Gasteiger partial charge in [0.15, 0.2) is 5.82 Å². The quantitative estimate of drug-likeness (QED) is 0.843. The van der Waals surface area contributed by atoms with E-state index in [1.165, 1.54) is 12.1 Å². The summed E-state index contributed by atoms with van der Waals surface area (Å²) < 4.78 is 13.6. The molecule has 1 aromatic carbocycles. The van der Waals surface area contributed by atoms with Crippen LogP contribution in [0, 0.1) is 11.2 Å². The van der Waals surface area contributed by atoms with Gasteiger partial charge in [-0.1, -0.05) is 47.4 Å². The molecule has 2 nitrogen and oxygen atoms in total. The third-order valence-corrected chi connectivity index (χ3v) is 4.10. The molecule has 1 rings (SSSR count). The van der Waals surface area contributed by atoms with Crippen molar-refractivity contribution in [1.82, 2.24) is 5.32 Å². The van der Waals surface area contributed by atoms with Crippen LogP contribution in [-0.2, 0) is 0 Å². The maximum Gasteiger partial charge on any atom is 0.254 e. The molecular formula is C12H14BrClFNO. The van der Waals surface area contributed by atoms with E-state index >= 15 is 0 Å². The summed E-state index contributed by atoms with van der Waals surface area (Å²) >= 11 is 8.97. The number of halogens is 3. The Hall–Kier alpha value is -0.610. The van der Waals surface area contributed by atoms with Crippen molar-refractivity contribution in [1.29, 1.82) is 0 Å². The Balaban J connectivity index is 2.74. The lowest BCUT2D eigenvalue weighted by atomic mass is 9.97. The minimum absolute atomic E-state index is 0.0251. The smallest absolute Gasteiger partial charge is 0.254 e. The van der Waals surface area contributed by atoms with Crippen LogP contribution < -0.4 is 5.32 Å². The van der Waals surface area contributed by atoms with Crippen molar-refractivity contribution in [3.8, 4) is 0 Å². The zero-order chi connectivity index (χ0) is 13.1. The Bertz CT molecular complexity index is 423. The van der Waals surface area contributed by atoms with E-state index in [0.717, 1.165) is 5.33 Å². The largest absolute Gasteiger partial charge is 0.351 e. The van der Waals surface area contributed by atoms with Crippen LogP contribution in [0.3, 0.4) is 0 Å². The molecule has 0 aromatic heterocycles. The molecule has 1 amide bonds. The molecule has 0 aliphatic rings. The van der Waals surface area contributed by atoms with Crippen LogP contribution in [0.5, 0.6) is 0 Å². The summed E-state index contributed by atoms with van der Waals surface area (Å²) in [6.07, 6.45) is 0. The molecule has 17 heavy (non-hydrogen) atoms.